The first kappa shape index (κ1) is 15.3. The summed E-state index contributed by atoms with van der Waals surface area (Å²) in [6, 6.07) is 8.07. The predicted octanol–water partition coefficient (Wildman–Crippen LogP) is 2.20. The van der Waals surface area contributed by atoms with Crippen LogP contribution in [0, 0.1) is 0 Å². The van der Waals surface area contributed by atoms with Gasteiger partial charge in [-0.25, -0.2) is 0 Å². The number of likely N-dealkylation sites (tertiary alicyclic amines) is 1. The van der Waals surface area contributed by atoms with E-state index >= 15 is 0 Å². The van der Waals surface area contributed by atoms with Gasteiger partial charge in [0.15, 0.2) is 0 Å². The van der Waals surface area contributed by atoms with E-state index in [1.807, 2.05) is 18.2 Å². The molecule has 0 spiro atoms. The first-order valence-electron chi connectivity index (χ1n) is 7.46. The Morgan fingerprint density at radius 2 is 2.10 bits per heavy atom. The second kappa shape index (κ2) is 7.62. The van der Waals surface area contributed by atoms with E-state index < -0.39 is 0 Å². The van der Waals surface area contributed by atoms with E-state index in [4.69, 9.17) is 15.2 Å². The van der Waals surface area contributed by atoms with Gasteiger partial charge in [-0.05, 0) is 37.5 Å². The Labute approximate surface area is 121 Å². The fraction of sp³-hybridized carbons (Fsp3) is 0.625. The van der Waals surface area contributed by atoms with E-state index in [-0.39, 0.29) is 6.04 Å². The summed E-state index contributed by atoms with van der Waals surface area (Å²) in [5, 5.41) is 0. The van der Waals surface area contributed by atoms with Crippen LogP contribution in [0.15, 0.2) is 24.3 Å². The minimum absolute atomic E-state index is 0.0359. The SMILES string of the molecule is CCOC1CCN(CC(N)c2cccc(OC)c2)CC1. The summed E-state index contributed by atoms with van der Waals surface area (Å²) in [6.45, 7) is 5.91. The quantitative estimate of drug-likeness (QED) is 0.866. The topological polar surface area (TPSA) is 47.7 Å². The molecule has 112 valence electrons. The van der Waals surface area contributed by atoms with Gasteiger partial charge in [-0.15, -0.1) is 0 Å². The first-order chi connectivity index (χ1) is 9.72. The molecule has 0 aliphatic carbocycles. The van der Waals surface area contributed by atoms with Crippen LogP contribution in [-0.4, -0.2) is 44.4 Å². The molecule has 1 unspecified atom stereocenters. The average molecular weight is 278 g/mol. The van der Waals surface area contributed by atoms with E-state index in [2.05, 4.69) is 17.9 Å². The Kier molecular flexibility index (Phi) is 5.83. The van der Waals surface area contributed by atoms with Crippen LogP contribution in [0.3, 0.4) is 0 Å². The lowest BCUT2D eigenvalue weighted by Gasteiger charge is -2.33. The van der Waals surface area contributed by atoms with Crippen molar-refractivity contribution in [3.05, 3.63) is 29.8 Å². The zero-order valence-corrected chi connectivity index (χ0v) is 12.5. The molecule has 1 aliphatic rings. The number of ether oxygens (including phenoxy) is 2. The Morgan fingerprint density at radius 3 is 2.75 bits per heavy atom. The molecule has 1 saturated heterocycles. The maximum atomic E-state index is 6.31. The number of piperidine rings is 1. The van der Waals surface area contributed by atoms with E-state index in [1.54, 1.807) is 7.11 Å². The molecule has 2 rings (SSSR count). The smallest absolute Gasteiger partial charge is 0.119 e. The molecular formula is C16H26N2O2. The fourth-order valence-electron chi connectivity index (χ4n) is 2.75. The highest BCUT2D eigenvalue weighted by molar-refractivity contribution is 5.30. The highest BCUT2D eigenvalue weighted by Gasteiger charge is 2.21. The summed E-state index contributed by atoms with van der Waals surface area (Å²) < 4.78 is 10.9. The Hall–Kier alpha value is -1.10. The largest absolute Gasteiger partial charge is 0.497 e. The monoisotopic (exact) mass is 278 g/mol. The van der Waals surface area contributed by atoms with Crippen molar-refractivity contribution < 1.29 is 9.47 Å². The van der Waals surface area contributed by atoms with E-state index in [0.717, 1.165) is 50.4 Å². The number of benzene rings is 1. The van der Waals surface area contributed by atoms with Crippen LogP contribution >= 0.6 is 0 Å². The number of hydrogen-bond acceptors (Lipinski definition) is 4. The molecule has 0 aromatic heterocycles. The van der Waals surface area contributed by atoms with Gasteiger partial charge in [0.2, 0.25) is 0 Å². The molecule has 1 aliphatic heterocycles. The van der Waals surface area contributed by atoms with Crippen molar-refractivity contribution in [2.75, 3.05) is 33.4 Å². The predicted molar refractivity (Wildman–Crippen MR) is 81.0 cm³/mol. The van der Waals surface area contributed by atoms with E-state index in [1.165, 1.54) is 0 Å². The zero-order chi connectivity index (χ0) is 14.4. The summed E-state index contributed by atoms with van der Waals surface area (Å²) in [7, 11) is 1.68. The van der Waals surface area contributed by atoms with Crippen LogP contribution in [0.2, 0.25) is 0 Å². The molecule has 1 atom stereocenters. The van der Waals surface area contributed by atoms with Crippen molar-refractivity contribution in [1.82, 2.24) is 4.90 Å². The third-order valence-corrected chi connectivity index (χ3v) is 3.91. The third kappa shape index (κ3) is 4.20. The van der Waals surface area contributed by atoms with Crippen LogP contribution < -0.4 is 10.5 Å². The van der Waals surface area contributed by atoms with Gasteiger partial charge in [-0.2, -0.15) is 0 Å². The molecule has 1 fully saturated rings. The Morgan fingerprint density at radius 1 is 1.35 bits per heavy atom. The van der Waals surface area contributed by atoms with Crippen LogP contribution in [0.25, 0.3) is 0 Å². The van der Waals surface area contributed by atoms with Gasteiger partial charge in [0, 0.05) is 32.3 Å². The minimum atomic E-state index is 0.0359. The Balaban J connectivity index is 1.84. The number of nitrogens with zero attached hydrogens (tertiary/aromatic N) is 1. The summed E-state index contributed by atoms with van der Waals surface area (Å²) in [5.41, 5.74) is 7.45. The molecule has 1 heterocycles. The zero-order valence-electron chi connectivity index (χ0n) is 12.5. The molecule has 1 aromatic rings. The lowest BCUT2D eigenvalue weighted by atomic mass is 10.0. The van der Waals surface area contributed by atoms with Gasteiger partial charge in [0.05, 0.1) is 13.2 Å². The summed E-state index contributed by atoms with van der Waals surface area (Å²) in [6.07, 6.45) is 2.65. The molecule has 1 aromatic carbocycles. The van der Waals surface area contributed by atoms with Crippen LogP contribution in [0.1, 0.15) is 31.4 Å². The van der Waals surface area contributed by atoms with Crippen molar-refractivity contribution in [3.8, 4) is 5.75 Å². The number of methoxy groups -OCH3 is 1. The average Bonchev–Trinajstić information content (AvgIpc) is 2.49. The molecular weight excluding hydrogens is 252 g/mol. The van der Waals surface area contributed by atoms with Gasteiger partial charge >= 0.3 is 0 Å². The fourth-order valence-corrected chi connectivity index (χ4v) is 2.75. The lowest BCUT2D eigenvalue weighted by Crippen LogP contribution is -2.40. The van der Waals surface area contributed by atoms with Crippen molar-refractivity contribution in [3.63, 3.8) is 0 Å². The number of hydrogen-bond donors (Lipinski definition) is 1. The highest BCUT2D eigenvalue weighted by Crippen LogP contribution is 2.20. The van der Waals surface area contributed by atoms with Gasteiger partial charge in [-0.3, -0.25) is 0 Å². The molecule has 2 N–H and O–H groups in total. The lowest BCUT2D eigenvalue weighted by molar-refractivity contribution is 0.0131. The highest BCUT2D eigenvalue weighted by atomic mass is 16.5. The van der Waals surface area contributed by atoms with E-state index in [0.29, 0.717) is 6.10 Å². The number of nitrogens with two attached hydrogens (primary N) is 1. The molecule has 0 saturated carbocycles. The first-order valence-corrected chi connectivity index (χ1v) is 7.46. The van der Waals surface area contributed by atoms with Gasteiger partial charge in [0.1, 0.15) is 5.75 Å². The number of rotatable bonds is 6. The summed E-state index contributed by atoms with van der Waals surface area (Å²) >= 11 is 0. The maximum absolute atomic E-state index is 6.31. The van der Waals surface area contributed by atoms with Crippen LogP contribution in [0.4, 0.5) is 0 Å². The second-order valence-electron chi connectivity index (χ2n) is 5.34. The van der Waals surface area contributed by atoms with Crippen LogP contribution in [-0.2, 0) is 4.74 Å². The van der Waals surface area contributed by atoms with Crippen molar-refractivity contribution in [2.24, 2.45) is 5.73 Å². The third-order valence-electron chi connectivity index (χ3n) is 3.91. The minimum Gasteiger partial charge on any atom is -0.497 e. The molecule has 0 amide bonds. The maximum Gasteiger partial charge on any atom is 0.119 e. The Bertz CT molecular complexity index is 403. The summed E-state index contributed by atoms with van der Waals surface area (Å²) in [5.74, 6) is 0.869. The van der Waals surface area contributed by atoms with Crippen molar-refractivity contribution in [2.45, 2.75) is 31.9 Å². The molecule has 4 heteroatoms. The van der Waals surface area contributed by atoms with Gasteiger partial charge in [0.25, 0.3) is 0 Å². The molecule has 0 bridgehead atoms. The second-order valence-corrected chi connectivity index (χ2v) is 5.34. The molecule has 0 radical (unpaired) electrons. The summed E-state index contributed by atoms with van der Waals surface area (Å²) in [4.78, 5) is 2.43. The van der Waals surface area contributed by atoms with Crippen LogP contribution in [0.5, 0.6) is 5.75 Å². The van der Waals surface area contributed by atoms with Crippen molar-refractivity contribution >= 4 is 0 Å². The van der Waals surface area contributed by atoms with E-state index in [9.17, 15) is 0 Å². The molecule has 4 nitrogen and oxygen atoms in total. The van der Waals surface area contributed by atoms with Gasteiger partial charge in [-0.1, -0.05) is 12.1 Å². The standard InChI is InChI=1S/C16H26N2O2/c1-3-20-14-7-9-18(10-8-14)12-16(17)13-5-4-6-15(11-13)19-2/h4-6,11,14,16H,3,7-10,12,17H2,1-2H3. The molecule has 20 heavy (non-hydrogen) atoms. The van der Waals surface area contributed by atoms with Gasteiger partial charge < -0.3 is 20.1 Å². The normalized spacial score (nSPS) is 18.9. The van der Waals surface area contributed by atoms with Crippen molar-refractivity contribution in [1.29, 1.82) is 0 Å².